The Morgan fingerprint density at radius 3 is 2.54 bits per heavy atom. The number of halogens is 2. The van der Waals surface area contributed by atoms with Gasteiger partial charge in [-0.15, -0.1) is 0 Å². The van der Waals surface area contributed by atoms with E-state index in [1.807, 2.05) is 30.3 Å². The van der Waals surface area contributed by atoms with Gasteiger partial charge in [0, 0.05) is 28.3 Å². The summed E-state index contributed by atoms with van der Waals surface area (Å²) in [6.45, 7) is 4.23. The van der Waals surface area contributed by atoms with Gasteiger partial charge in [-0.25, -0.2) is 0 Å². The van der Waals surface area contributed by atoms with Gasteiger partial charge in [0.05, 0.1) is 29.5 Å². The SMILES string of the molecule is COc1c(Cl)cc(Cl)cc1[C@@H]1Nc2ccccc2NC2=C1C(=O)CC(C)(C)C2. The van der Waals surface area contributed by atoms with Crippen molar-refractivity contribution in [3.8, 4) is 5.75 Å². The van der Waals surface area contributed by atoms with E-state index in [9.17, 15) is 4.79 Å². The molecule has 28 heavy (non-hydrogen) atoms. The van der Waals surface area contributed by atoms with Crippen molar-refractivity contribution < 1.29 is 9.53 Å². The zero-order valence-corrected chi connectivity index (χ0v) is 17.5. The standard InChI is InChI=1S/C22H22Cl2N2O2/c1-22(2)10-17-19(18(27)11-22)20(26-16-7-5-4-6-15(16)25-17)13-8-12(23)9-14(24)21(13)28-3/h4-9,20,25-26H,10-11H2,1-3H3/t20-/m0/s1. The van der Waals surface area contributed by atoms with Crippen molar-refractivity contribution >= 4 is 40.4 Å². The molecule has 0 bridgehead atoms. The molecule has 146 valence electrons. The number of fused-ring (bicyclic) bond motifs is 1. The summed E-state index contributed by atoms with van der Waals surface area (Å²) < 4.78 is 5.58. The Labute approximate surface area is 174 Å². The molecule has 0 saturated heterocycles. The van der Waals surface area contributed by atoms with Crippen molar-refractivity contribution in [1.82, 2.24) is 0 Å². The number of carbonyl (C=O) groups excluding carboxylic acids is 1. The number of benzene rings is 2. The summed E-state index contributed by atoms with van der Waals surface area (Å²) in [7, 11) is 1.57. The van der Waals surface area contributed by atoms with Crippen LogP contribution in [-0.4, -0.2) is 12.9 Å². The molecule has 0 radical (unpaired) electrons. The highest BCUT2D eigenvalue weighted by atomic mass is 35.5. The summed E-state index contributed by atoms with van der Waals surface area (Å²) in [5.41, 5.74) is 4.14. The molecule has 2 aromatic carbocycles. The van der Waals surface area contributed by atoms with Crippen LogP contribution in [0.4, 0.5) is 11.4 Å². The molecule has 2 aromatic rings. The van der Waals surface area contributed by atoms with Gasteiger partial charge in [-0.1, -0.05) is 49.2 Å². The van der Waals surface area contributed by atoms with E-state index in [1.165, 1.54) is 0 Å². The Bertz CT molecular complexity index is 998. The molecule has 6 heteroatoms. The molecule has 0 fully saturated rings. The van der Waals surface area contributed by atoms with Crippen LogP contribution in [0.25, 0.3) is 0 Å². The number of hydrogen-bond donors (Lipinski definition) is 2. The van der Waals surface area contributed by atoms with Crippen molar-refractivity contribution in [3.63, 3.8) is 0 Å². The Kier molecular flexibility index (Phi) is 4.80. The van der Waals surface area contributed by atoms with Gasteiger partial charge in [0.15, 0.2) is 5.78 Å². The molecule has 1 aliphatic heterocycles. The Morgan fingerprint density at radius 1 is 1.11 bits per heavy atom. The maximum Gasteiger partial charge on any atom is 0.163 e. The second-order valence-electron chi connectivity index (χ2n) is 8.09. The quantitative estimate of drug-likeness (QED) is 0.609. The van der Waals surface area contributed by atoms with Gasteiger partial charge < -0.3 is 15.4 Å². The summed E-state index contributed by atoms with van der Waals surface area (Å²) in [6.07, 6.45) is 1.26. The van der Waals surface area contributed by atoms with Crippen molar-refractivity contribution in [1.29, 1.82) is 0 Å². The lowest BCUT2D eigenvalue weighted by molar-refractivity contribution is -0.118. The van der Waals surface area contributed by atoms with Gasteiger partial charge in [0.2, 0.25) is 0 Å². The van der Waals surface area contributed by atoms with Crippen molar-refractivity contribution in [2.75, 3.05) is 17.7 Å². The number of ether oxygens (including phenoxy) is 1. The number of carbonyl (C=O) groups is 1. The van der Waals surface area contributed by atoms with Crippen LogP contribution >= 0.6 is 23.2 Å². The number of para-hydroxylation sites is 2. The smallest absolute Gasteiger partial charge is 0.163 e. The first kappa shape index (κ1) is 19.2. The average Bonchev–Trinajstić information content (AvgIpc) is 2.76. The van der Waals surface area contributed by atoms with E-state index >= 15 is 0 Å². The molecule has 4 rings (SSSR count). The zero-order chi connectivity index (χ0) is 20.1. The summed E-state index contributed by atoms with van der Waals surface area (Å²) in [5.74, 6) is 0.634. The summed E-state index contributed by atoms with van der Waals surface area (Å²) in [6, 6.07) is 11.0. The third-order valence-electron chi connectivity index (χ3n) is 5.27. The first-order chi connectivity index (χ1) is 13.3. The molecule has 0 spiro atoms. The number of allylic oxidation sites excluding steroid dienone is 1. The first-order valence-electron chi connectivity index (χ1n) is 9.21. The summed E-state index contributed by atoms with van der Waals surface area (Å²) in [5, 5.41) is 7.95. The zero-order valence-electron chi connectivity index (χ0n) is 16.0. The fraction of sp³-hybridized carbons (Fsp3) is 0.318. The lowest BCUT2D eigenvalue weighted by atomic mass is 9.73. The molecule has 0 saturated carbocycles. The Hall–Kier alpha value is -2.17. The van der Waals surface area contributed by atoms with Gasteiger partial charge in [-0.3, -0.25) is 4.79 Å². The van der Waals surface area contributed by atoms with Crippen LogP contribution in [0.15, 0.2) is 47.7 Å². The normalized spacial score (nSPS) is 20.5. The number of rotatable bonds is 2. The van der Waals surface area contributed by atoms with Crippen LogP contribution in [0.2, 0.25) is 10.0 Å². The molecule has 0 unspecified atom stereocenters. The third-order valence-corrected chi connectivity index (χ3v) is 5.77. The summed E-state index contributed by atoms with van der Waals surface area (Å²) in [4.78, 5) is 13.3. The van der Waals surface area contributed by atoms with E-state index in [2.05, 4.69) is 24.5 Å². The van der Waals surface area contributed by atoms with Crippen LogP contribution in [0.1, 0.15) is 38.3 Å². The fourth-order valence-electron chi connectivity index (χ4n) is 4.13. The predicted octanol–water partition coefficient (Wildman–Crippen LogP) is 6.22. The minimum atomic E-state index is -0.416. The molecule has 0 aromatic heterocycles. The lowest BCUT2D eigenvalue weighted by Crippen LogP contribution is -2.31. The van der Waals surface area contributed by atoms with Crippen molar-refractivity contribution in [2.24, 2.45) is 5.41 Å². The maximum atomic E-state index is 13.3. The van der Waals surface area contributed by atoms with Gasteiger partial charge in [-0.05, 0) is 36.1 Å². The van der Waals surface area contributed by atoms with Gasteiger partial charge >= 0.3 is 0 Å². The van der Waals surface area contributed by atoms with E-state index in [0.29, 0.717) is 27.8 Å². The Balaban J connectivity index is 1.96. The van der Waals surface area contributed by atoms with Gasteiger partial charge in [-0.2, -0.15) is 0 Å². The largest absolute Gasteiger partial charge is 0.495 e. The Morgan fingerprint density at radius 2 is 1.82 bits per heavy atom. The number of anilines is 2. The molecular weight excluding hydrogens is 395 g/mol. The van der Waals surface area contributed by atoms with Crippen LogP contribution in [0, 0.1) is 5.41 Å². The number of ketones is 1. The first-order valence-corrected chi connectivity index (χ1v) is 9.96. The second-order valence-corrected chi connectivity index (χ2v) is 8.93. The highest BCUT2D eigenvalue weighted by Gasteiger charge is 2.39. The van der Waals surface area contributed by atoms with Crippen LogP contribution < -0.4 is 15.4 Å². The number of hydrogen-bond acceptors (Lipinski definition) is 4. The maximum absolute atomic E-state index is 13.3. The highest BCUT2D eigenvalue weighted by molar-refractivity contribution is 6.35. The van der Waals surface area contributed by atoms with Crippen LogP contribution in [0.5, 0.6) is 5.75 Å². The number of methoxy groups -OCH3 is 1. The predicted molar refractivity (Wildman–Crippen MR) is 114 cm³/mol. The molecular formula is C22H22Cl2N2O2. The van der Waals surface area contributed by atoms with E-state index in [1.54, 1.807) is 13.2 Å². The molecule has 1 heterocycles. The highest BCUT2D eigenvalue weighted by Crippen LogP contribution is 2.48. The number of Topliss-reactive ketones (excluding diaryl/α,β-unsaturated/α-hetero) is 1. The molecule has 4 nitrogen and oxygen atoms in total. The van der Waals surface area contributed by atoms with Crippen molar-refractivity contribution in [3.05, 3.63) is 63.3 Å². The molecule has 0 amide bonds. The van der Waals surface area contributed by atoms with E-state index in [4.69, 9.17) is 27.9 Å². The summed E-state index contributed by atoms with van der Waals surface area (Å²) >= 11 is 12.7. The average molecular weight is 417 g/mol. The second kappa shape index (κ2) is 7.02. The van der Waals surface area contributed by atoms with E-state index < -0.39 is 6.04 Å². The molecule has 1 aliphatic carbocycles. The van der Waals surface area contributed by atoms with Gasteiger partial charge in [0.1, 0.15) is 5.75 Å². The molecule has 2 N–H and O–H groups in total. The van der Waals surface area contributed by atoms with Crippen LogP contribution in [0.3, 0.4) is 0 Å². The topological polar surface area (TPSA) is 50.4 Å². The molecule has 1 atom stereocenters. The lowest BCUT2D eigenvalue weighted by Gasteiger charge is -2.34. The third kappa shape index (κ3) is 3.36. The number of nitrogens with one attached hydrogen (secondary N) is 2. The van der Waals surface area contributed by atoms with E-state index in [-0.39, 0.29) is 11.2 Å². The molecule has 2 aliphatic rings. The van der Waals surface area contributed by atoms with E-state index in [0.717, 1.165) is 29.1 Å². The minimum absolute atomic E-state index is 0.108. The van der Waals surface area contributed by atoms with Crippen LogP contribution in [-0.2, 0) is 4.79 Å². The van der Waals surface area contributed by atoms with Gasteiger partial charge in [0.25, 0.3) is 0 Å². The van der Waals surface area contributed by atoms with Crippen molar-refractivity contribution in [2.45, 2.75) is 32.7 Å². The fourth-order valence-corrected chi connectivity index (χ4v) is 4.72. The monoisotopic (exact) mass is 416 g/mol. The minimum Gasteiger partial charge on any atom is -0.495 e.